The quantitative estimate of drug-likeness (QED) is 0.750. The molecule has 0 unspecified atom stereocenters. The van der Waals surface area contributed by atoms with Crippen molar-refractivity contribution in [2.75, 3.05) is 25.0 Å². The number of carbonyl (C=O) groups excluding carboxylic acids is 1. The number of rotatable bonds is 6. The fourth-order valence-electron chi connectivity index (χ4n) is 6.00. The summed E-state index contributed by atoms with van der Waals surface area (Å²) in [7, 11) is 0. The van der Waals surface area contributed by atoms with Gasteiger partial charge in [0.15, 0.2) is 0 Å². The topological polar surface area (TPSA) is 70.4 Å². The maximum absolute atomic E-state index is 13.0. The molecule has 1 spiro atoms. The molecule has 1 aromatic heterocycles. The van der Waals surface area contributed by atoms with E-state index in [1.54, 1.807) is 4.68 Å². The minimum atomic E-state index is 0.107. The molecular formula is C25H34N4O2. The Kier molecular flexibility index (Phi) is 5.74. The molecular weight excluding hydrogens is 388 g/mol. The predicted molar refractivity (Wildman–Crippen MR) is 121 cm³/mol. The highest BCUT2D eigenvalue weighted by Crippen LogP contribution is 2.44. The molecule has 0 atom stereocenters. The molecule has 31 heavy (non-hydrogen) atoms. The van der Waals surface area contributed by atoms with Gasteiger partial charge in [-0.15, -0.1) is 0 Å². The third kappa shape index (κ3) is 4.49. The molecule has 1 saturated carbocycles. The summed E-state index contributed by atoms with van der Waals surface area (Å²) in [5.41, 5.74) is 4.24. The monoisotopic (exact) mass is 422 g/mol. The molecule has 1 saturated heterocycles. The van der Waals surface area contributed by atoms with Gasteiger partial charge in [0.25, 0.3) is 0 Å². The number of carbonyl (C=O) groups is 1. The molecule has 1 aromatic carbocycles. The zero-order valence-corrected chi connectivity index (χ0v) is 18.3. The van der Waals surface area contributed by atoms with Crippen molar-refractivity contribution < 1.29 is 9.90 Å². The van der Waals surface area contributed by atoms with Crippen molar-refractivity contribution in [1.29, 1.82) is 0 Å². The summed E-state index contributed by atoms with van der Waals surface area (Å²) in [6.07, 6.45) is 12.5. The van der Waals surface area contributed by atoms with Crippen LogP contribution in [0, 0.1) is 11.3 Å². The lowest BCUT2D eigenvalue weighted by Crippen LogP contribution is -2.37. The highest BCUT2D eigenvalue weighted by Gasteiger charge is 2.42. The number of aliphatic hydroxyl groups is 1. The molecule has 6 nitrogen and oxygen atoms in total. The van der Waals surface area contributed by atoms with E-state index in [1.807, 2.05) is 12.4 Å². The van der Waals surface area contributed by atoms with Crippen LogP contribution in [0.1, 0.15) is 49.7 Å². The average Bonchev–Trinajstić information content (AvgIpc) is 3.49. The van der Waals surface area contributed by atoms with Gasteiger partial charge in [0, 0.05) is 31.7 Å². The summed E-state index contributed by atoms with van der Waals surface area (Å²) < 4.78 is 1.77. The number of nitrogens with one attached hydrogen (secondary N) is 1. The van der Waals surface area contributed by atoms with Crippen molar-refractivity contribution in [3.63, 3.8) is 0 Å². The predicted octanol–water partition coefficient (Wildman–Crippen LogP) is 3.25. The van der Waals surface area contributed by atoms with Crippen molar-refractivity contribution in [2.45, 2.75) is 64.0 Å². The SMILES string of the molecule is O=C(CC1Cc2ccccc2C1)N1CCC2(CCC(Nc3cnn(CCO)c3)CC2)C1. The summed E-state index contributed by atoms with van der Waals surface area (Å²) >= 11 is 0. The first-order valence-corrected chi connectivity index (χ1v) is 11.9. The molecule has 2 aliphatic carbocycles. The van der Waals surface area contributed by atoms with Crippen LogP contribution in [0.25, 0.3) is 0 Å². The molecule has 2 heterocycles. The van der Waals surface area contributed by atoms with Gasteiger partial charge in [0.05, 0.1) is 25.0 Å². The Morgan fingerprint density at radius 3 is 2.61 bits per heavy atom. The van der Waals surface area contributed by atoms with E-state index in [-0.39, 0.29) is 6.61 Å². The van der Waals surface area contributed by atoms with Crippen molar-refractivity contribution in [3.05, 3.63) is 47.8 Å². The maximum atomic E-state index is 13.0. The first-order valence-electron chi connectivity index (χ1n) is 11.9. The fraction of sp³-hybridized carbons (Fsp3) is 0.600. The van der Waals surface area contributed by atoms with Gasteiger partial charge in [-0.1, -0.05) is 24.3 Å². The Labute approximate surface area is 184 Å². The second-order valence-electron chi connectivity index (χ2n) is 9.95. The van der Waals surface area contributed by atoms with Crippen LogP contribution in [-0.4, -0.2) is 51.4 Å². The zero-order valence-electron chi connectivity index (χ0n) is 18.3. The highest BCUT2D eigenvalue weighted by molar-refractivity contribution is 5.77. The largest absolute Gasteiger partial charge is 0.394 e. The molecule has 2 fully saturated rings. The number of likely N-dealkylation sites (tertiary alicyclic amines) is 1. The number of nitrogens with zero attached hydrogens (tertiary/aromatic N) is 3. The minimum absolute atomic E-state index is 0.107. The van der Waals surface area contributed by atoms with Crippen molar-refractivity contribution in [2.24, 2.45) is 11.3 Å². The van der Waals surface area contributed by atoms with E-state index in [2.05, 4.69) is 39.6 Å². The molecule has 2 N–H and O–H groups in total. The number of amides is 1. The van der Waals surface area contributed by atoms with Gasteiger partial charge < -0.3 is 15.3 Å². The van der Waals surface area contributed by atoms with Crippen LogP contribution in [0.4, 0.5) is 5.69 Å². The Bertz CT molecular complexity index is 891. The van der Waals surface area contributed by atoms with E-state index in [0.717, 1.165) is 50.9 Å². The van der Waals surface area contributed by atoms with Gasteiger partial charge in [-0.05, 0) is 67.4 Å². The van der Waals surface area contributed by atoms with Crippen LogP contribution in [0.2, 0.25) is 0 Å². The van der Waals surface area contributed by atoms with Crippen LogP contribution in [-0.2, 0) is 24.2 Å². The Morgan fingerprint density at radius 2 is 1.90 bits per heavy atom. The zero-order chi connectivity index (χ0) is 21.3. The number of fused-ring (bicyclic) bond motifs is 1. The fourth-order valence-corrected chi connectivity index (χ4v) is 6.00. The molecule has 0 bridgehead atoms. The van der Waals surface area contributed by atoms with Gasteiger partial charge in [-0.25, -0.2) is 0 Å². The highest BCUT2D eigenvalue weighted by atomic mass is 16.3. The lowest BCUT2D eigenvalue weighted by molar-refractivity contribution is -0.131. The van der Waals surface area contributed by atoms with Crippen LogP contribution < -0.4 is 5.32 Å². The van der Waals surface area contributed by atoms with Crippen LogP contribution in [0.5, 0.6) is 0 Å². The standard InChI is InChI=1S/C25H34N4O2/c30-12-11-29-17-23(16-26-29)27-22-5-7-25(8-6-22)9-10-28(18-25)24(31)15-19-13-20-3-1-2-4-21(20)14-19/h1-4,16-17,19,22,27,30H,5-15,18H2. The third-order valence-electron chi connectivity index (χ3n) is 7.77. The van der Waals surface area contributed by atoms with Crippen molar-refractivity contribution in [1.82, 2.24) is 14.7 Å². The van der Waals surface area contributed by atoms with Crippen molar-refractivity contribution in [3.8, 4) is 0 Å². The lowest BCUT2D eigenvalue weighted by atomic mass is 9.72. The van der Waals surface area contributed by atoms with E-state index < -0.39 is 0 Å². The van der Waals surface area contributed by atoms with E-state index in [0.29, 0.717) is 36.2 Å². The molecule has 1 aliphatic heterocycles. The number of anilines is 1. The number of benzene rings is 1. The first kappa shape index (κ1) is 20.6. The number of hydrogen-bond acceptors (Lipinski definition) is 4. The van der Waals surface area contributed by atoms with E-state index in [1.165, 1.54) is 24.0 Å². The van der Waals surface area contributed by atoms with Crippen LogP contribution in [0.15, 0.2) is 36.7 Å². The van der Waals surface area contributed by atoms with Gasteiger partial charge in [-0.3, -0.25) is 9.48 Å². The van der Waals surface area contributed by atoms with E-state index in [9.17, 15) is 4.79 Å². The Balaban J connectivity index is 1.09. The maximum Gasteiger partial charge on any atom is 0.222 e. The van der Waals surface area contributed by atoms with Gasteiger partial charge in [-0.2, -0.15) is 5.10 Å². The third-order valence-corrected chi connectivity index (χ3v) is 7.77. The second kappa shape index (κ2) is 8.65. The summed E-state index contributed by atoms with van der Waals surface area (Å²) in [5.74, 6) is 0.847. The number of hydrogen-bond donors (Lipinski definition) is 2. The Hall–Kier alpha value is -2.34. The second-order valence-corrected chi connectivity index (χ2v) is 9.95. The van der Waals surface area contributed by atoms with Gasteiger partial charge in [0.2, 0.25) is 5.91 Å². The number of aliphatic hydroxyl groups excluding tert-OH is 1. The number of aromatic nitrogens is 2. The smallest absolute Gasteiger partial charge is 0.222 e. The van der Waals surface area contributed by atoms with E-state index >= 15 is 0 Å². The first-order chi connectivity index (χ1) is 15.1. The summed E-state index contributed by atoms with van der Waals surface area (Å²) in [5, 5.41) is 16.9. The normalized spacial score (nSPS) is 25.8. The molecule has 1 amide bonds. The molecule has 0 radical (unpaired) electrons. The molecule has 3 aliphatic rings. The summed E-state index contributed by atoms with van der Waals surface area (Å²) in [6.45, 7) is 2.53. The van der Waals surface area contributed by atoms with Gasteiger partial charge >= 0.3 is 0 Å². The van der Waals surface area contributed by atoms with Crippen LogP contribution >= 0.6 is 0 Å². The Morgan fingerprint density at radius 1 is 1.16 bits per heavy atom. The molecule has 166 valence electrons. The van der Waals surface area contributed by atoms with Crippen LogP contribution in [0.3, 0.4) is 0 Å². The van der Waals surface area contributed by atoms with Gasteiger partial charge in [0.1, 0.15) is 0 Å². The molecule has 6 heteroatoms. The molecule has 2 aromatic rings. The molecule has 5 rings (SSSR count). The summed E-state index contributed by atoms with van der Waals surface area (Å²) in [6, 6.07) is 9.13. The van der Waals surface area contributed by atoms with Crippen molar-refractivity contribution >= 4 is 11.6 Å². The minimum Gasteiger partial charge on any atom is -0.394 e. The van der Waals surface area contributed by atoms with E-state index in [4.69, 9.17) is 5.11 Å². The summed E-state index contributed by atoms with van der Waals surface area (Å²) in [4.78, 5) is 15.2. The average molecular weight is 423 g/mol. The lowest BCUT2D eigenvalue weighted by Gasteiger charge is -2.37.